The van der Waals surface area contributed by atoms with E-state index in [9.17, 15) is 0 Å². The predicted molar refractivity (Wildman–Crippen MR) is 116 cm³/mol. The van der Waals surface area contributed by atoms with Gasteiger partial charge in [0.25, 0.3) is 0 Å². The number of unbranched alkanes of at least 4 members (excludes halogenated alkanes) is 1. The summed E-state index contributed by atoms with van der Waals surface area (Å²) in [7, 11) is 1.90. The summed E-state index contributed by atoms with van der Waals surface area (Å²) in [5.41, 5.74) is 0. The molecule has 2 aliphatic heterocycles. The molecule has 0 aromatic heterocycles. The van der Waals surface area contributed by atoms with Gasteiger partial charge in [-0.3, -0.25) is 9.89 Å². The van der Waals surface area contributed by atoms with Gasteiger partial charge in [0.1, 0.15) is 0 Å². The van der Waals surface area contributed by atoms with Crippen LogP contribution in [0, 0.1) is 5.92 Å². The zero-order chi connectivity index (χ0) is 16.5. The van der Waals surface area contributed by atoms with E-state index in [4.69, 9.17) is 4.74 Å². The van der Waals surface area contributed by atoms with Crippen molar-refractivity contribution in [2.45, 2.75) is 31.9 Å². The number of nitrogens with zero attached hydrogens (tertiary/aromatic N) is 3. The van der Waals surface area contributed by atoms with E-state index in [0.717, 1.165) is 63.1 Å². The largest absolute Gasteiger partial charge is 0.379 e. The van der Waals surface area contributed by atoms with Gasteiger partial charge in [0.15, 0.2) is 5.96 Å². The fourth-order valence-corrected chi connectivity index (χ4v) is 4.39. The van der Waals surface area contributed by atoms with Gasteiger partial charge in [-0.1, -0.05) is 13.8 Å². The van der Waals surface area contributed by atoms with E-state index in [1.165, 1.54) is 25.1 Å². The lowest BCUT2D eigenvalue weighted by Crippen LogP contribution is -2.49. The molecule has 0 radical (unpaired) electrons. The van der Waals surface area contributed by atoms with E-state index < -0.39 is 0 Å². The topological polar surface area (TPSA) is 40.1 Å². The third-order valence-electron chi connectivity index (χ3n) is 4.64. The maximum Gasteiger partial charge on any atom is 0.193 e. The molecule has 0 spiro atoms. The maximum atomic E-state index is 5.39. The van der Waals surface area contributed by atoms with Crippen LogP contribution in [0.2, 0.25) is 0 Å². The first-order valence-electron chi connectivity index (χ1n) is 9.08. The summed E-state index contributed by atoms with van der Waals surface area (Å²) >= 11 is 2.11. The van der Waals surface area contributed by atoms with Gasteiger partial charge in [-0.2, -0.15) is 11.8 Å². The molecule has 0 aromatic carbocycles. The Morgan fingerprint density at radius 2 is 2.00 bits per heavy atom. The van der Waals surface area contributed by atoms with Crippen LogP contribution in [0.1, 0.15) is 26.7 Å². The Kier molecular flexibility index (Phi) is 11.7. The van der Waals surface area contributed by atoms with Crippen LogP contribution in [0.15, 0.2) is 4.99 Å². The molecule has 7 heteroatoms. The second kappa shape index (κ2) is 12.6. The van der Waals surface area contributed by atoms with Gasteiger partial charge in [-0.05, 0) is 25.3 Å². The first-order chi connectivity index (χ1) is 11.2. The van der Waals surface area contributed by atoms with E-state index in [1.54, 1.807) is 0 Å². The fourth-order valence-electron chi connectivity index (χ4n) is 3.09. The molecule has 2 saturated heterocycles. The van der Waals surface area contributed by atoms with Crippen LogP contribution in [-0.4, -0.2) is 86.3 Å². The molecule has 1 unspecified atom stereocenters. The number of guanidine groups is 1. The van der Waals surface area contributed by atoms with Crippen molar-refractivity contribution in [3.8, 4) is 0 Å². The summed E-state index contributed by atoms with van der Waals surface area (Å²) in [6, 6.07) is 0. The van der Waals surface area contributed by atoms with Crippen molar-refractivity contribution in [2.24, 2.45) is 10.9 Å². The first-order valence-corrected chi connectivity index (χ1v) is 10.1. The number of thioether (sulfide) groups is 1. The third kappa shape index (κ3) is 7.66. The fraction of sp³-hybridized carbons (Fsp3) is 0.941. The van der Waals surface area contributed by atoms with Crippen molar-refractivity contribution in [1.29, 1.82) is 0 Å². The molecular formula is C17H35IN4OS. The Bertz CT molecular complexity index is 364. The van der Waals surface area contributed by atoms with Crippen LogP contribution in [0.25, 0.3) is 0 Å². The number of morpholine rings is 1. The summed E-state index contributed by atoms with van der Waals surface area (Å²) in [6.07, 6.45) is 2.45. The summed E-state index contributed by atoms with van der Waals surface area (Å²) in [5, 5.41) is 4.29. The standard InChI is InChI=1S/C17H34N4OS.HI/c1-15(2)16-14-21(10-13-23-16)17(18-3)19-6-4-5-7-20-8-11-22-12-9-20;/h15-16H,4-14H2,1-3H3,(H,18,19);1H. The lowest BCUT2D eigenvalue weighted by molar-refractivity contribution is 0.0372. The summed E-state index contributed by atoms with van der Waals surface area (Å²) in [6.45, 7) is 13.1. The Morgan fingerprint density at radius 3 is 2.67 bits per heavy atom. The van der Waals surface area contributed by atoms with E-state index >= 15 is 0 Å². The zero-order valence-corrected chi connectivity index (χ0v) is 18.6. The van der Waals surface area contributed by atoms with Crippen LogP contribution >= 0.6 is 35.7 Å². The molecule has 2 heterocycles. The quantitative estimate of drug-likeness (QED) is 0.280. The number of nitrogens with one attached hydrogen (secondary N) is 1. The summed E-state index contributed by atoms with van der Waals surface area (Å²) in [4.78, 5) is 9.43. The van der Waals surface area contributed by atoms with Gasteiger partial charge in [0.2, 0.25) is 0 Å². The Hall–Kier alpha value is 0.270. The smallest absolute Gasteiger partial charge is 0.193 e. The van der Waals surface area contributed by atoms with Gasteiger partial charge >= 0.3 is 0 Å². The molecule has 0 amide bonds. The SMILES string of the molecule is CN=C(NCCCCN1CCOCC1)N1CCSC(C(C)C)C1.I. The van der Waals surface area contributed by atoms with Crippen molar-refractivity contribution in [3.63, 3.8) is 0 Å². The van der Waals surface area contributed by atoms with Gasteiger partial charge in [0, 0.05) is 50.8 Å². The molecule has 2 fully saturated rings. The van der Waals surface area contributed by atoms with Crippen molar-refractivity contribution in [3.05, 3.63) is 0 Å². The molecule has 1 atom stereocenters. The molecule has 2 rings (SSSR count). The van der Waals surface area contributed by atoms with Crippen molar-refractivity contribution in [2.75, 3.05) is 65.3 Å². The minimum Gasteiger partial charge on any atom is -0.379 e. The molecule has 0 aliphatic carbocycles. The number of hydrogen-bond donors (Lipinski definition) is 1. The van der Waals surface area contributed by atoms with Crippen molar-refractivity contribution in [1.82, 2.24) is 15.1 Å². The second-order valence-electron chi connectivity index (χ2n) is 6.73. The van der Waals surface area contributed by atoms with Gasteiger partial charge in [-0.25, -0.2) is 0 Å². The highest BCUT2D eigenvalue weighted by molar-refractivity contribution is 14.0. The lowest BCUT2D eigenvalue weighted by atomic mass is 10.1. The van der Waals surface area contributed by atoms with Gasteiger partial charge in [-0.15, -0.1) is 24.0 Å². The van der Waals surface area contributed by atoms with Crippen molar-refractivity contribution < 1.29 is 4.74 Å². The van der Waals surface area contributed by atoms with Crippen molar-refractivity contribution >= 4 is 41.7 Å². The zero-order valence-electron chi connectivity index (χ0n) is 15.5. The first kappa shape index (κ1) is 22.3. The van der Waals surface area contributed by atoms with Crippen LogP contribution in [-0.2, 0) is 4.74 Å². The van der Waals surface area contributed by atoms with Crippen LogP contribution in [0.5, 0.6) is 0 Å². The molecule has 5 nitrogen and oxygen atoms in total. The molecule has 142 valence electrons. The molecular weight excluding hydrogens is 435 g/mol. The summed E-state index contributed by atoms with van der Waals surface area (Å²) in [5.74, 6) is 3.03. The maximum absolute atomic E-state index is 5.39. The van der Waals surface area contributed by atoms with Gasteiger partial charge in [0.05, 0.1) is 13.2 Å². The Labute approximate surface area is 169 Å². The Balaban J connectivity index is 0.00000288. The second-order valence-corrected chi connectivity index (χ2v) is 8.08. The minimum absolute atomic E-state index is 0. The molecule has 1 N–H and O–H groups in total. The number of hydrogen-bond acceptors (Lipinski definition) is 4. The minimum atomic E-state index is 0. The lowest BCUT2D eigenvalue weighted by Gasteiger charge is -2.36. The van der Waals surface area contributed by atoms with E-state index in [1.807, 2.05) is 7.05 Å². The summed E-state index contributed by atoms with van der Waals surface area (Å²) < 4.78 is 5.39. The van der Waals surface area contributed by atoms with Gasteiger partial charge < -0.3 is 15.0 Å². The highest BCUT2D eigenvalue weighted by Gasteiger charge is 2.24. The molecule has 24 heavy (non-hydrogen) atoms. The normalized spacial score (nSPS) is 23.2. The van der Waals surface area contributed by atoms with E-state index in [-0.39, 0.29) is 24.0 Å². The number of aliphatic imine (C=N–C) groups is 1. The van der Waals surface area contributed by atoms with Crippen LogP contribution in [0.4, 0.5) is 0 Å². The molecule has 0 saturated carbocycles. The average Bonchev–Trinajstić information content (AvgIpc) is 2.59. The van der Waals surface area contributed by atoms with Crippen LogP contribution < -0.4 is 5.32 Å². The Morgan fingerprint density at radius 1 is 1.25 bits per heavy atom. The number of halogens is 1. The monoisotopic (exact) mass is 470 g/mol. The average molecular weight is 470 g/mol. The number of ether oxygens (including phenoxy) is 1. The highest BCUT2D eigenvalue weighted by atomic mass is 127. The van der Waals surface area contributed by atoms with E-state index in [0.29, 0.717) is 0 Å². The van der Waals surface area contributed by atoms with E-state index in [2.05, 4.69) is 45.7 Å². The number of rotatable bonds is 6. The van der Waals surface area contributed by atoms with Crippen LogP contribution in [0.3, 0.4) is 0 Å². The molecule has 0 aromatic rings. The predicted octanol–water partition coefficient (Wildman–Crippen LogP) is 2.37. The molecule has 2 aliphatic rings. The third-order valence-corrected chi connectivity index (χ3v) is 6.18. The highest BCUT2D eigenvalue weighted by Crippen LogP contribution is 2.24. The molecule has 0 bridgehead atoms.